The molecule has 4 N–H and O–H groups in total. The minimum atomic E-state index is -2.26. The maximum atomic E-state index is 15.1. The first-order valence-electron chi connectivity index (χ1n) is 20.8. The van der Waals surface area contributed by atoms with Crippen molar-refractivity contribution < 1.29 is 57.8 Å². The van der Waals surface area contributed by atoms with Crippen molar-refractivity contribution in [3.05, 3.63) is 195 Å². The molecule has 0 saturated heterocycles. The van der Waals surface area contributed by atoms with E-state index in [-0.39, 0.29) is 71.5 Å². The Kier molecular flexibility index (Phi) is 9.87. The molecule has 12 rings (SSSR count). The van der Waals surface area contributed by atoms with Crippen LogP contribution < -0.4 is 16.5 Å². The predicted octanol–water partition coefficient (Wildman–Crippen LogP) is 14.6. The van der Waals surface area contributed by atoms with Gasteiger partial charge in [0.25, 0.3) is 0 Å². The zero-order valence-electron chi connectivity index (χ0n) is 35.1. The highest BCUT2D eigenvalue weighted by molar-refractivity contribution is 6.21. The van der Waals surface area contributed by atoms with Crippen LogP contribution in [-0.2, 0) is 0 Å². The molecule has 10 aromatic carbocycles. The number of hydrogen-bond acceptors (Lipinski definition) is 6. The topological polar surface area (TPSA) is 113 Å². The van der Waals surface area contributed by atoms with Gasteiger partial charge in [0.05, 0.1) is 16.5 Å². The first kappa shape index (κ1) is 43.6. The Balaban J connectivity index is 0.000000152. The van der Waals surface area contributed by atoms with Crippen LogP contribution in [0.4, 0.5) is 49.6 Å². The van der Waals surface area contributed by atoms with Crippen LogP contribution in [0, 0.1) is 63.6 Å². The highest BCUT2D eigenvalue weighted by Crippen LogP contribution is 2.46. The predicted molar refractivity (Wildman–Crippen MR) is 246 cm³/mol. The molecule has 0 aliphatic carbocycles. The quantitative estimate of drug-likeness (QED) is 0.0399. The van der Waals surface area contributed by atoms with Gasteiger partial charge in [-0.1, -0.05) is 24.3 Å². The number of benzene rings is 10. The molecule has 0 spiro atoms. The number of nitrogen functional groups attached to an aromatic ring is 1. The number of anilines is 1. The van der Waals surface area contributed by atoms with Crippen LogP contribution in [0.1, 0.15) is 0 Å². The van der Waals surface area contributed by atoms with E-state index >= 15 is 17.6 Å². The van der Waals surface area contributed by atoms with Crippen LogP contribution >= 0.6 is 0 Å². The monoisotopic (exact) mass is 954 g/mol. The Morgan fingerprint density at radius 3 is 1.13 bits per heavy atom. The summed E-state index contributed by atoms with van der Waals surface area (Å²) in [6.07, 6.45) is 0. The van der Waals surface area contributed by atoms with Gasteiger partial charge in [-0.15, -0.1) is 0 Å². The molecule has 0 amide bonds. The van der Waals surface area contributed by atoms with E-state index in [0.29, 0.717) is 48.8 Å². The van der Waals surface area contributed by atoms with Crippen LogP contribution in [-0.4, -0.2) is 5.11 Å². The summed E-state index contributed by atoms with van der Waals surface area (Å²) in [5.74, 6) is -20.5. The Morgan fingerprint density at radius 2 is 0.686 bits per heavy atom. The number of halogens is 10. The Labute approximate surface area is 383 Å². The van der Waals surface area contributed by atoms with Crippen molar-refractivity contribution in [2.24, 2.45) is 0 Å². The molecule has 0 atom stereocenters. The van der Waals surface area contributed by atoms with Crippen molar-refractivity contribution in [2.75, 3.05) is 5.73 Å². The molecule has 16 heteroatoms. The van der Waals surface area contributed by atoms with Crippen LogP contribution in [0.15, 0.2) is 135 Å². The number of phenols is 1. The third-order valence-corrected chi connectivity index (χ3v) is 12.3. The van der Waals surface area contributed by atoms with Gasteiger partial charge in [-0.2, -0.15) is 0 Å². The largest absolute Gasteiger partial charge is 0.508 e. The van der Waals surface area contributed by atoms with Crippen LogP contribution in [0.25, 0.3) is 109 Å². The summed E-state index contributed by atoms with van der Waals surface area (Å²) in [5.41, 5.74) is 4.08. The normalized spacial score (nSPS) is 11.8. The number of phenolic OH excluding ortho intramolecular Hbond substituents is 1. The third-order valence-electron chi connectivity index (χ3n) is 12.3. The van der Waals surface area contributed by atoms with Crippen molar-refractivity contribution in [3.8, 4) is 28.0 Å². The molecule has 344 valence electrons. The SMILES string of the molecule is N=c1ccc2c(ccc3c(-c4c(F)c(F)c(F)c(F)c4F)c4ccc5cc(N)ccc5c4oc32)c1.O=c1ccc2c(ccc3c(-c4c(F)c(F)c(F)c(F)c4F)c4ccc5cc(O)ccc5c4oc32)c1. The highest BCUT2D eigenvalue weighted by atomic mass is 19.2. The molecule has 0 unspecified atom stereocenters. The van der Waals surface area contributed by atoms with Gasteiger partial charge in [0.2, 0.25) is 11.6 Å². The molecule has 0 saturated carbocycles. The van der Waals surface area contributed by atoms with Crippen molar-refractivity contribution in [3.63, 3.8) is 0 Å². The molecule has 6 nitrogen and oxygen atoms in total. The Morgan fingerprint density at radius 1 is 0.357 bits per heavy atom. The molecular formula is C54H24F10N2O4. The summed E-state index contributed by atoms with van der Waals surface area (Å²) in [6.45, 7) is 0. The molecule has 0 bridgehead atoms. The summed E-state index contributed by atoms with van der Waals surface area (Å²) in [7, 11) is 0. The lowest BCUT2D eigenvalue weighted by Gasteiger charge is -2.16. The van der Waals surface area contributed by atoms with E-state index in [9.17, 15) is 36.2 Å². The summed E-state index contributed by atoms with van der Waals surface area (Å²) in [4.78, 5) is 11.9. The van der Waals surface area contributed by atoms with Gasteiger partial charge >= 0.3 is 0 Å². The molecule has 12 aromatic rings. The van der Waals surface area contributed by atoms with Gasteiger partial charge in [-0.3, -0.25) is 4.79 Å². The van der Waals surface area contributed by atoms with Crippen molar-refractivity contribution in [2.45, 2.75) is 0 Å². The number of nitrogens with two attached hydrogens (primary N) is 1. The summed E-state index contributed by atoms with van der Waals surface area (Å²) in [5, 5.41) is 22.6. The first-order chi connectivity index (χ1) is 33.5. The zero-order chi connectivity index (χ0) is 49.2. The molecule has 0 radical (unpaired) electrons. The van der Waals surface area contributed by atoms with Gasteiger partial charge in [0, 0.05) is 59.9 Å². The molecule has 2 aromatic heterocycles. The second-order valence-electron chi connectivity index (χ2n) is 16.3. The minimum Gasteiger partial charge on any atom is -0.508 e. The minimum absolute atomic E-state index is 0.0361. The van der Waals surface area contributed by atoms with Gasteiger partial charge in [0.15, 0.2) is 52.0 Å². The van der Waals surface area contributed by atoms with Crippen molar-refractivity contribution in [1.82, 2.24) is 0 Å². The van der Waals surface area contributed by atoms with Crippen molar-refractivity contribution in [1.29, 1.82) is 5.41 Å². The summed E-state index contributed by atoms with van der Waals surface area (Å²) in [6, 6.07) is 30.2. The third kappa shape index (κ3) is 6.50. The highest BCUT2D eigenvalue weighted by Gasteiger charge is 2.32. The van der Waals surface area contributed by atoms with E-state index in [1.54, 1.807) is 48.5 Å². The van der Waals surface area contributed by atoms with Crippen LogP contribution in [0.2, 0.25) is 0 Å². The van der Waals surface area contributed by atoms with Crippen molar-refractivity contribution >= 4 is 92.7 Å². The van der Waals surface area contributed by atoms with E-state index in [1.165, 1.54) is 72.8 Å². The number of nitrogens with one attached hydrogen (secondary N) is 1. The molecule has 70 heavy (non-hydrogen) atoms. The second kappa shape index (κ2) is 15.8. The van der Waals surface area contributed by atoms with Gasteiger partial charge in [0.1, 0.15) is 28.1 Å². The average molecular weight is 955 g/mol. The first-order valence-corrected chi connectivity index (χ1v) is 20.8. The smallest absolute Gasteiger partial charge is 0.200 e. The number of aromatic hydroxyl groups is 1. The molecular weight excluding hydrogens is 931 g/mol. The van der Waals surface area contributed by atoms with Crippen LogP contribution in [0.5, 0.6) is 5.75 Å². The van der Waals surface area contributed by atoms with E-state index in [2.05, 4.69) is 0 Å². The number of fused-ring (bicyclic) bond motifs is 12. The fourth-order valence-corrected chi connectivity index (χ4v) is 9.10. The van der Waals surface area contributed by atoms with E-state index < -0.39 is 69.3 Å². The maximum absolute atomic E-state index is 15.1. The van der Waals surface area contributed by atoms with E-state index in [4.69, 9.17) is 20.0 Å². The second-order valence-corrected chi connectivity index (χ2v) is 16.3. The summed E-state index contributed by atoms with van der Waals surface area (Å²) >= 11 is 0. The fourth-order valence-electron chi connectivity index (χ4n) is 9.10. The Hall–Kier alpha value is -8.92. The number of rotatable bonds is 2. The molecule has 2 heterocycles. The fraction of sp³-hybridized carbons (Fsp3) is 0. The standard InChI is InChI=1S/C27H13F5N2O.C27H11F5O3/c2*28-21-20(22(29)24(31)25(32)23(21)30)19-17-5-1-11-9-13(33)3-7-15(11)26(17)35-27-16-8-4-14(34)10-12(16)2-6-18(19)27/h1-10,33H,34H2;1-10,33H. The number of hydrogen-bond donors (Lipinski definition) is 3. The van der Waals surface area contributed by atoms with Gasteiger partial charge < -0.3 is 25.1 Å². The van der Waals surface area contributed by atoms with E-state index in [0.717, 1.165) is 0 Å². The molecule has 0 aliphatic rings. The van der Waals surface area contributed by atoms with E-state index in [1.807, 2.05) is 0 Å². The molecule has 0 aliphatic heterocycles. The lowest BCUT2D eigenvalue weighted by atomic mass is 9.92. The molecule has 0 fully saturated rings. The van der Waals surface area contributed by atoms with Gasteiger partial charge in [-0.25, -0.2) is 43.9 Å². The van der Waals surface area contributed by atoms with Crippen LogP contribution in [0.3, 0.4) is 0 Å². The van der Waals surface area contributed by atoms with Gasteiger partial charge in [-0.05, 0) is 119 Å². The Bertz CT molecular complexity index is 4120. The summed E-state index contributed by atoms with van der Waals surface area (Å²) < 4.78 is 157. The lowest BCUT2D eigenvalue weighted by molar-refractivity contribution is 0.381. The average Bonchev–Trinajstić information content (AvgIpc) is 3.35. The lowest BCUT2D eigenvalue weighted by Crippen LogP contribution is -2.05. The zero-order valence-corrected chi connectivity index (χ0v) is 35.1. The maximum Gasteiger partial charge on any atom is 0.200 e.